The van der Waals surface area contributed by atoms with Crippen LogP contribution in [0.3, 0.4) is 0 Å². The average Bonchev–Trinajstić information content (AvgIpc) is 3.02. The van der Waals surface area contributed by atoms with E-state index in [-0.39, 0.29) is 30.0 Å². The van der Waals surface area contributed by atoms with E-state index in [1.54, 1.807) is 11.8 Å². The summed E-state index contributed by atoms with van der Waals surface area (Å²) in [5.41, 5.74) is 0. The summed E-state index contributed by atoms with van der Waals surface area (Å²) < 4.78 is 15.7. The van der Waals surface area contributed by atoms with E-state index in [4.69, 9.17) is 14.2 Å². The number of methoxy groups -OCH3 is 1. The van der Waals surface area contributed by atoms with E-state index < -0.39 is 0 Å². The van der Waals surface area contributed by atoms with Gasteiger partial charge in [0.05, 0.1) is 19.1 Å². The molecule has 2 unspecified atom stereocenters. The third kappa shape index (κ3) is 6.32. The summed E-state index contributed by atoms with van der Waals surface area (Å²) in [6, 6.07) is 0. The first-order valence-electron chi connectivity index (χ1n) is 8.05. The molecule has 0 saturated carbocycles. The van der Waals surface area contributed by atoms with Crippen LogP contribution in [-0.4, -0.2) is 62.4 Å². The van der Waals surface area contributed by atoms with Crippen molar-refractivity contribution in [1.82, 2.24) is 4.90 Å². The van der Waals surface area contributed by atoms with Gasteiger partial charge in [-0.1, -0.05) is 6.92 Å². The maximum Gasteiger partial charge on any atom is 0.310 e. The van der Waals surface area contributed by atoms with Gasteiger partial charge in [-0.2, -0.15) is 0 Å². The first-order valence-corrected chi connectivity index (χ1v) is 8.05. The zero-order chi connectivity index (χ0) is 16.5. The van der Waals surface area contributed by atoms with Crippen LogP contribution in [0.15, 0.2) is 0 Å². The van der Waals surface area contributed by atoms with Crippen LogP contribution < -0.4 is 0 Å². The van der Waals surface area contributed by atoms with Crippen molar-refractivity contribution < 1.29 is 23.8 Å². The first kappa shape index (κ1) is 18.9. The van der Waals surface area contributed by atoms with E-state index in [1.165, 1.54) is 7.11 Å². The maximum absolute atomic E-state index is 12.5. The van der Waals surface area contributed by atoms with Gasteiger partial charge in [0.25, 0.3) is 5.91 Å². The number of amides is 1. The van der Waals surface area contributed by atoms with E-state index in [1.807, 2.05) is 13.8 Å². The van der Waals surface area contributed by atoms with Gasteiger partial charge in [0.2, 0.25) is 0 Å². The highest BCUT2D eigenvalue weighted by Crippen LogP contribution is 2.16. The summed E-state index contributed by atoms with van der Waals surface area (Å²) in [4.78, 5) is 25.8. The van der Waals surface area contributed by atoms with Gasteiger partial charge in [-0.15, -0.1) is 0 Å². The molecule has 0 radical (unpaired) electrons. The van der Waals surface area contributed by atoms with Gasteiger partial charge < -0.3 is 19.1 Å². The molecule has 0 aromatic heterocycles. The minimum absolute atomic E-state index is 0.0298. The van der Waals surface area contributed by atoms with Crippen molar-refractivity contribution in [3.05, 3.63) is 0 Å². The number of carbonyl (C=O) groups is 2. The fourth-order valence-corrected chi connectivity index (χ4v) is 2.45. The molecule has 1 saturated heterocycles. The van der Waals surface area contributed by atoms with Crippen LogP contribution in [-0.2, 0) is 23.8 Å². The number of carbonyl (C=O) groups excluding carboxylic acids is 2. The summed E-state index contributed by atoms with van der Waals surface area (Å²) in [5, 5.41) is 0. The van der Waals surface area contributed by atoms with Gasteiger partial charge in [0.15, 0.2) is 0 Å². The highest BCUT2D eigenvalue weighted by molar-refractivity contribution is 5.82. The minimum Gasteiger partial charge on any atom is -0.469 e. The standard InChI is InChI=1S/C16H29NO5/c1-12(2)21-10-6-8-17(11-13(3)16(19)20-4)15(18)14-7-5-9-22-14/h12-14H,5-11H2,1-4H3. The van der Waals surface area contributed by atoms with E-state index in [0.717, 1.165) is 19.3 Å². The van der Waals surface area contributed by atoms with E-state index in [9.17, 15) is 9.59 Å². The predicted molar refractivity (Wildman–Crippen MR) is 82.4 cm³/mol. The van der Waals surface area contributed by atoms with Gasteiger partial charge >= 0.3 is 5.97 Å². The van der Waals surface area contributed by atoms with Crippen LogP contribution in [0.2, 0.25) is 0 Å². The van der Waals surface area contributed by atoms with Crippen molar-refractivity contribution in [3.63, 3.8) is 0 Å². The topological polar surface area (TPSA) is 65.1 Å². The zero-order valence-electron chi connectivity index (χ0n) is 14.2. The van der Waals surface area contributed by atoms with Crippen molar-refractivity contribution in [1.29, 1.82) is 0 Å². The molecule has 6 nitrogen and oxygen atoms in total. The van der Waals surface area contributed by atoms with Crippen molar-refractivity contribution >= 4 is 11.9 Å². The fraction of sp³-hybridized carbons (Fsp3) is 0.875. The quantitative estimate of drug-likeness (QED) is 0.478. The first-order chi connectivity index (χ1) is 10.5. The molecule has 128 valence electrons. The second kappa shape index (κ2) is 9.79. The number of hydrogen-bond acceptors (Lipinski definition) is 5. The summed E-state index contributed by atoms with van der Waals surface area (Å²) in [6.07, 6.45) is 2.22. The predicted octanol–water partition coefficient (Wildman–Crippen LogP) is 1.62. The summed E-state index contributed by atoms with van der Waals surface area (Å²) in [6.45, 7) is 7.88. The third-order valence-electron chi connectivity index (χ3n) is 3.64. The molecule has 0 N–H and O–H groups in total. The van der Waals surface area contributed by atoms with Crippen molar-refractivity contribution in [2.75, 3.05) is 33.4 Å². The van der Waals surface area contributed by atoms with Crippen LogP contribution in [0.4, 0.5) is 0 Å². The molecule has 1 aliphatic heterocycles. The lowest BCUT2D eigenvalue weighted by atomic mass is 10.1. The molecule has 2 atom stereocenters. The fourth-order valence-electron chi connectivity index (χ4n) is 2.45. The van der Waals surface area contributed by atoms with Crippen molar-refractivity contribution in [2.45, 2.75) is 52.2 Å². The monoisotopic (exact) mass is 315 g/mol. The molecule has 1 heterocycles. The molecule has 0 spiro atoms. The highest BCUT2D eigenvalue weighted by atomic mass is 16.5. The van der Waals surface area contributed by atoms with Crippen molar-refractivity contribution in [2.24, 2.45) is 5.92 Å². The molecule has 0 aliphatic carbocycles. The Balaban J connectivity index is 2.55. The highest BCUT2D eigenvalue weighted by Gasteiger charge is 2.30. The minimum atomic E-state index is -0.365. The Kier molecular flexibility index (Phi) is 8.42. The lowest BCUT2D eigenvalue weighted by Gasteiger charge is -2.27. The van der Waals surface area contributed by atoms with Gasteiger partial charge in [-0.3, -0.25) is 9.59 Å². The molecule has 0 aromatic rings. The molecular formula is C16H29NO5. The maximum atomic E-state index is 12.5. The van der Waals surface area contributed by atoms with Crippen LogP contribution >= 0.6 is 0 Å². The second-order valence-corrected chi connectivity index (χ2v) is 5.98. The number of nitrogens with zero attached hydrogens (tertiary/aromatic N) is 1. The van der Waals surface area contributed by atoms with Gasteiger partial charge in [-0.05, 0) is 33.1 Å². The lowest BCUT2D eigenvalue weighted by Crippen LogP contribution is -2.43. The molecule has 1 aliphatic rings. The van der Waals surface area contributed by atoms with E-state index >= 15 is 0 Å². The van der Waals surface area contributed by atoms with Crippen LogP contribution in [0.5, 0.6) is 0 Å². The Morgan fingerprint density at radius 3 is 2.59 bits per heavy atom. The largest absolute Gasteiger partial charge is 0.469 e. The molecule has 1 amide bonds. The Hall–Kier alpha value is -1.14. The molecule has 0 aromatic carbocycles. The smallest absolute Gasteiger partial charge is 0.310 e. The molecule has 22 heavy (non-hydrogen) atoms. The molecule has 1 fully saturated rings. The van der Waals surface area contributed by atoms with Gasteiger partial charge in [0.1, 0.15) is 6.10 Å². The van der Waals surface area contributed by atoms with Crippen LogP contribution in [0, 0.1) is 5.92 Å². The van der Waals surface area contributed by atoms with E-state index in [2.05, 4.69) is 0 Å². The summed E-state index contributed by atoms with van der Waals surface area (Å²) >= 11 is 0. The average molecular weight is 315 g/mol. The van der Waals surface area contributed by atoms with Crippen LogP contribution in [0.25, 0.3) is 0 Å². The SMILES string of the molecule is COC(=O)C(C)CN(CCCOC(C)C)C(=O)C1CCCO1. The molecular weight excluding hydrogens is 286 g/mol. The van der Waals surface area contributed by atoms with Crippen LogP contribution in [0.1, 0.15) is 40.0 Å². The van der Waals surface area contributed by atoms with Gasteiger partial charge in [0, 0.05) is 26.3 Å². The number of hydrogen-bond donors (Lipinski definition) is 0. The number of ether oxygens (including phenoxy) is 3. The molecule has 1 rings (SSSR count). The Morgan fingerprint density at radius 1 is 1.32 bits per heavy atom. The zero-order valence-corrected chi connectivity index (χ0v) is 14.2. The Labute approximate surface area is 133 Å². The van der Waals surface area contributed by atoms with Crippen molar-refractivity contribution in [3.8, 4) is 0 Å². The van der Waals surface area contributed by atoms with Gasteiger partial charge in [-0.25, -0.2) is 0 Å². The molecule has 0 bridgehead atoms. The van der Waals surface area contributed by atoms with E-state index in [0.29, 0.717) is 26.3 Å². The number of rotatable bonds is 9. The summed E-state index contributed by atoms with van der Waals surface area (Å²) in [7, 11) is 1.36. The Morgan fingerprint density at radius 2 is 2.05 bits per heavy atom. The second-order valence-electron chi connectivity index (χ2n) is 5.98. The third-order valence-corrected chi connectivity index (χ3v) is 3.64. The number of esters is 1. The normalized spacial score (nSPS) is 19.2. The summed E-state index contributed by atoms with van der Waals surface area (Å²) in [5.74, 6) is -0.678. The lowest BCUT2D eigenvalue weighted by molar-refractivity contribution is -0.148. The molecule has 6 heteroatoms. The Bertz CT molecular complexity index is 352.